The molecule has 2 N–H and O–H groups in total. The molecule has 1 heterocycles. The van der Waals surface area contributed by atoms with Crippen LogP contribution in [0.5, 0.6) is 5.75 Å². The molecule has 4 nitrogen and oxygen atoms in total. The van der Waals surface area contributed by atoms with E-state index < -0.39 is 0 Å². The third-order valence-corrected chi connectivity index (χ3v) is 3.51. The standard InChI is InChI=1S/C14H17ClN2O2/c1-7(2)9-5-10(15)8(3)13(14(9)18-4)11-6-12(16)19-17-11/h5-7H,16H2,1-4H3. The number of anilines is 1. The summed E-state index contributed by atoms with van der Waals surface area (Å²) in [7, 11) is 1.64. The predicted molar refractivity (Wildman–Crippen MR) is 76.7 cm³/mol. The third-order valence-electron chi connectivity index (χ3n) is 3.12. The fourth-order valence-corrected chi connectivity index (χ4v) is 2.32. The van der Waals surface area contributed by atoms with Crippen molar-refractivity contribution in [2.45, 2.75) is 26.7 Å². The minimum Gasteiger partial charge on any atom is -0.496 e. The Balaban J connectivity index is 2.77. The van der Waals surface area contributed by atoms with Crippen molar-refractivity contribution in [2.75, 3.05) is 12.8 Å². The molecule has 2 rings (SSSR count). The summed E-state index contributed by atoms with van der Waals surface area (Å²) >= 11 is 6.30. The van der Waals surface area contributed by atoms with Crippen molar-refractivity contribution in [1.29, 1.82) is 0 Å². The maximum absolute atomic E-state index is 6.30. The quantitative estimate of drug-likeness (QED) is 0.922. The van der Waals surface area contributed by atoms with E-state index in [9.17, 15) is 0 Å². The average Bonchev–Trinajstić information content (AvgIpc) is 2.77. The first kappa shape index (κ1) is 13.7. The van der Waals surface area contributed by atoms with E-state index in [2.05, 4.69) is 19.0 Å². The van der Waals surface area contributed by atoms with Crippen molar-refractivity contribution in [3.63, 3.8) is 0 Å². The second kappa shape index (κ2) is 5.13. The molecule has 0 saturated carbocycles. The zero-order valence-corrected chi connectivity index (χ0v) is 12.2. The highest BCUT2D eigenvalue weighted by Crippen LogP contribution is 2.42. The van der Waals surface area contributed by atoms with Gasteiger partial charge in [-0.2, -0.15) is 0 Å². The number of hydrogen-bond donors (Lipinski definition) is 1. The lowest BCUT2D eigenvalue weighted by Crippen LogP contribution is -2.00. The van der Waals surface area contributed by atoms with E-state index in [4.69, 9.17) is 26.6 Å². The van der Waals surface area contributed by atoms with E-state index in [0.29, 0.717) is 10.7 Å². The molecule has 0 unspecified atom stereocenters. The van der Waals surface area contributed by atoms with Gasteiger partial charge in [-0.3, -0.25) is 0 Å². The Bertz CT molecular complexity index is 606. The smallest absolute Gasteiger partial charge is 0.222 e. The van der Waals surface area contributed by atoms with Gasteiger partial charge in [-0.1, -0.05) is 30.6 Å². The van der Waals surface area contributed by atoms with Gasteiger partial charge in [0.05, 0.1) is 12.7 Å². The normalized spacial score (nSPS) is 11.1. The van der Waals surface area contributed by atoms with Gasteiger partial charge < -0.3 is 15.0 Å². The van der Waals surface area contributed by atoms with Crippen LogP contribution in [-0.4, -0.2) is 12.3 Å². The van der Waals surface area contributed by atoms with Crippen LogP contribution in [0.15, 0.2) is 16.7 Å². The third kappa shape index (κ3) is 2.40. The van der Waals surface area contributed by atoms with Crippen molar-refractivity contribution < 1.29 is 9.26 Å². The van der Waals surface area contributed by atoms with Gasteiger partial charge in [0, 0.05) is 11.1 Å². The van der Waals surface area contributed by atoms with Crippen LogP contribution in [0, 0.1) is 6.92 Å². The molecule has 0 spiro atoms. The Morgan fingerprint density at radius 3 is 2.53 bits per heavy atom. The molecule has 1 aromatic carbocycles. The van der Waals surface area contributed by atoms with Crippen LogP contribution >= 0.6 is 11.6 Å². The van der Waals surface area contributed by atoms with Gasteiger partial charge in [-0.25, -0.2) is 0 Å². The van der Waals surface area contributed by atoms with E-state index in [1.807, 2.05) is 13.0 Å². The van der Waals surface area contributed by atoms with Crippen LogP contribution in [0.4, 0.5) is 5.88 Å². The average molecular weight is 281 g/mol. The fraction of sp³-hybridized carbons (Fsp3) is 0.357. The lowest BCUT2D eigenvalue weighted by atomic mass is 9.94. The molecule has 2 aromatic rings. The van der Waals surface area contributed by atoms with Crippen LogP contribution in [0.3, 0.4) is 0 Å². The number of halogens is 1. The predicted octanol–water partition coefficient (Wildman–Crippen LogP) is 4.02. The van der Waals surface area contributed by atoms with Crippen molar-refractivity contribution in [2.24, 2.45) is 0 Å². The highest BCUT2D eigenvalue weighted by molar-refractivity contribution is 6.32. The van der Waals surface area contributed by atoms with Gasteiger partial charge in [0.1, 0.15) is 11.4 Å². The summed E-state index contributed by atoms with van der Waals surface area (Å²) in [6, 6.07) is 3.61. The topological polar surface area (TPSA) is 61.3 Å². The monoisotopic (exact) mass is 280 g/mol. The maximum Gasteiger partial charge on any atom is 0.222 e. The molecule has 0 radical (unpaired) electrons. The highest BCUT2D eigenvalue weighted by Gasteiger charge is 2.21. The summed E-state index contributed by atoms with van der Waals surface area (Å²) in [5.74, 6) is 1.32. The number of nitrogens with two attached hydrogens (primary N) is 1. The molecule has 0 fully saturated rings. The van der Waals surface area contributed by atoms with Crippen molar-refractivity contribution >= 4 is 17.5 Å². The van der Waals surface area contributed by atoms with E-state index in [-0.39, 0.29) is 11.8 Å². The summed E-state index contributed by atoms with van der Waals surface area (Å²) in [6.07, 6.45) is 0. The van der Waals surface area contributed by atoms with Crippen LogP contribution in [0.2, 0.25) is 5.02 Å². The number of nitrogens with zero attached hydrogens (tertiary/aromatic N) is 1. The van der Waals surface area contributed by atoms with E-state index in [1.54, 1.807) is 13.2 Å². The van der Waals surface area contributed by atoms with Crippen LogP contribution < -0.4 is 10.5 Å². The van der Waals surface area contributed by atoms with Gasteiger partial charge in [0.15, 0.2) is 0 Å². The molecule has 0 aliphatic carbocycles. The minimum atomic E-state index is 0.266. The maximum atomic E-state index is 6.30. The first-order valence-electron chi connectivity index (χ1n) is 6.05. The van der Waals surface area contributed by atoms with Crippen LogP contribution in [0.1, 0.15) is 30.9 Å². The molecule has 5 heteroatoms. The van der Waals surface area contributed by atoms with E-state index in [1.165, 1.54) is 0 Å². The Labute approximate surface area is 117 Å². The largest absolute Gasteiger partial charge is 0.496 e. The number of nitrogen functional groups attached to an aromatic ring is 1. The van der Waals surface area contributed by atoms with Gasteiger partial charge in [-0.05, 0) is 30.0 Å². The Hall–Kier alpha value is -1.68. The first-order valence-corrected chi connectivity index (χ1v) is 6.43. The highest BCUT2D eigenvalue weighted by atomic mass is 35.5. The number of hydrogen-bond acceptors (Lipinski definition) is 4. The Morgan fingerprint density at radius 2 is 2.05 bits per heavy atom. The molecule has 0 aliphatic rings. The molecule has 0 bridgehead atoms. The number of ether oxygens (including phenoxy) is 1. The lowest BCUT2D eigenvalue weighted by molar-refractivity contribution is 0.407. The zero-order chi connectivity index (χ0) is 14.2. The molecule has 0 aliphatic heterocycles. The van der Waals surface area contributed by atoms with Gasteiger partial charge in [0.2, 0.25) is 5.88 Å². The van der Waals surface area contributed by atoms with E-state index >= 15 is 0 Å². The Morgan fingerprint density at radius 1 is 1.37 bits per heavy atom. The van der Waals surface area contributed by atoms with Crippen molar-refractivity contribution in [3.05, 3.63) is 28.3 Å². The van der Waals surface area contributed by atoms with Gasteiger partial charge in [0.25, 0.3) is 0 Å². The summed E-state index contributed by atoms with van der Waals surface area (Å²) < 4.78 is 10.5. The van der Waals surface area contributed by atoms with Crippen LogP contribution in [-0.2, 0) is 0 Å². The number of methoxy groups -OCH3 is 1. The second-order valence-electron chi connectivity index (χ2n) is 4.75. The molecule has 19 heavy (non-hydrogen) atoms. The van der Waals surface area contributed by atoms with Gasteiger partial charge >= 0.3 is 0 Å². The number of aromatic nitrogens is 1. The summed E-state index contributed by atoms with van der Waals surface area (Å²) in [5, 5.41) is 4.64. The van der Waals surface area contributed by atoms with Crippen LogP contribution in [0.25, 0.3) is 11.3 Å². The summed E-state index contributed by atoms with van der Waals surface area (Å²) in [5.41, 5.74) is 8.99. The molecular formula is C14H17ClN2O2. The Kier molecular flexibility index (Phi) is 3.71. The molecule has 102 valence electrons. The molecule has 1 aromatic heterocycles. The zero-order valence-electron chi connectivity index (χ0n) is 11.5. The molecule has 0 atom stereocenters. The number of benzene rings is 1. The van der Waals surface area contributed by atoms with E-state index in [0.717, 1.165) is 22.4 Å². The molecule has 0 saturated heterocycles. The summed E-state index contributed by atoms with van der Waals surface area (Å²) in [4.78, 5) is 0. The second-order valence-corrected chi connectivity index (χ2v) is 5.16. The SMILES string of the molecule is COc1c(C(C)C)cc(Cl)c(C)c1-c1cc(N)on1. The van der Waals surface area contributed by atoms with Gasteiger partial charge in [-0.15, -0.1) is 0 Å². The molecular weight excluding hydrogens is 264 g/mol. The van der Waals surface area contributed by atoms with Crippen molar-refractivity contribution in [1.82, 2.24) is 5.16 Å². The van der Waals surface area contributed by atoms with Crippen molar-refractivity contribution in [3.8, 4) is 17.0 Å². The minimum absolute atomic E-state index is 0.266. The molecule has 0 amide bonds. The first-order chi connectivity index (χ1) is 8.95. The summed E-state index contributed by atoms with van der Waals surface area (Å²) in [6.45, 7) is 6.10. The lowest BCUT2D eigenvalue weighted by Gasteiger charge is -2.18. The number of rotatable bonds is 3. The fourth-order valence-electron chi connectivity index (χ4n) is 2.11.